The van der Waals surface area contributed by atoms with Gasteiger partial charge < -0.3 is 14.6 Å². The van der Waals surface area contributed by atoms with Gasteiger partial charge in [0, 0.05) is 11.7 Å². The highest BCUT2D eigenvalue weighted by Gasteiger charge is 2.14. The summed E-state index contributed by atoms with van der Waals surface area (Å²) in [6.45, 7) is 1.97. The lowest BCUT2D eigenvalue weighted by atomic mass is 10.1. The molecule has 7 heteroatoms. The molecule has 3 aromatic carbocycles. The van der Waals surface area contributed by atoms with E-state index in [1.165, 1.54) is 12.1 Å². The first-order chi connectivity index (χ1) is 13.8. The highest BCUT2D eigenvalue weighted by Crippen LogP contribution is 2.25. The summed E-state index contributed by atoms with van der Waals surface area (Å²) in [5.41, 5.74) is 2.21. The fraction of sp³-hybridized carbons (Fsp3) is 0.136. The molecular formula is C22H20NO5S-. The Kier molecular flexibility index (Phi) is 6.19. The number of nitrogens with one attached hydrogen (secondary N) is 1. The molecular weight excluding hydrogens is 390 g/mol. The van der Waals surface area contributed by atoms with Gasteiger partial charge in [-0.3, -0.25) is 4.72 Å². The maximum atomic E-state index is 12.5. The average molecular weight is 410 g/mol. The molecule has 0 saturated heterocycles. The number of carboxylic acids is 1. The molecule has 0 fully saturated rings. The number of carbonyl (C=O) groups excluding carboxylic acids is 1. The summed E-state index contributed by atoms with van der Waals surface area (Å²) in [4.78, 5) is 10.6. The van der Waals surface area contributed by atoms with Crippen LogP contribution in [0.1, 0.15) is 17.5 Å². The van der Waals surface area contributed by atoms with Crippen LogP contribution in [0.4, 0.5) is 5.69 Å². The van der Waals surface area contributed by atoms with Crippen LogP contribution in [0.15, 0.2) is 77.7 Å². The Morgan fingerprint density at radius 1 is 0.966 bits per heavy atom. The molecule has 0 spiro atoms. The molecule has 6 nitrogen and oxygen atoms in total. The molecule has 0 aromatic heterocycles. The van der Waals surface area contributed by atoms with Crippen molar-refractivity contribution in [1.29, 1.82) is 0 Å². The summed E-state index contributed by atoms with van der Waals surface area (Å²) < 4.78 is 33.4. The number of aryl methyl sites for hydroxylation is 2. The molecule has 0 aliphatic rings. The molecule has 150 valence electrons. The third-order valence-corrected chi connectivity index (χ3v) is 5.58. The normalized spacial score (nSPS) is 11.1. The molecule has 29 heavy (non-hydrogen) atoms. The van der Waals surface area contributed by atoms with E-state index in [2.05, 4.69) is 4.72 Å². The second kappa shape index (κ2) is 8.79. The average Bonchev–Trinajstić information content (AvgIpc) is 2.68. The zero-order valence-corrected chi connectivity index (χ0v) is 16.6. The van der Waals surface area contributed by atoms with E-state index in [-0.39, 0.29) is 11.3 Å². The maximum absolute atomic E-state index is 12.5. The summed E-state index contributed by atoms with van der Waals surface area (Å²) >= 11 is 0. The van der Waals surface area contributed by atoms with E-state index < -0.39 is 16.0 Å². The number of hydrogen-bond donors (Lipinski definition) is 1. The van der Waals surface area contributed by atoms with Crippen molar-refractivity contribution >= 4 is 21.7 Å². The van der Waals surface area contributed by atoms with Gasteiger partial charge in [-0.25, -0.2) is 8.42 Å². The summed E-state index contributed by atoms with van der Waals surface area (Å²) in [7, 11) is -3.76. The molecule has 0 atom stereocenters. The number of carbonyl (C=O) groups is 1. The van der Waals surface area contributed by atoms with Crippen molar-refractivity contribution in [2.45, 2.75) is 24.7 Å². The van der Waals surface area contributed by atoms with E-state index >= 15 is 0 Å². The third kappa shape index (κ3) is 5.83. The van der Waals surface area contributed by atoms with Crippen molar-refractivity contribution in [2.75, 3.05) is 4.72 Å². The van der Waals surface area contributed by atoms with Crippen molar-refractivity contribution in [3.63, 3.8) is 0 Å². The first kappa shape index (κ1) is 20.4. The molecule has 0 aliphatic carbocycles. The lowest BCUT2D eigenvalue weighted by molar-refractivity contribution is -0.305. The number of aliphatic carboxylic acids is 1. The van der Waals surface area contributed by atoms with Crippen LogP contribution in [-0.2, 0) is 21.2 Å². The van der Waals surface area contributed by atoms with Crippen LogP contribution >= 0.6 is 0 Å². The van der Waals surface area contributed by atoms with Gasteiger partial charge in [-0.2, -0.15) is 0 Å². The number of sulfonamides is 1. The Balaban J connectivity index is 1.66. The van der Waals surface area contributed by atoms with Gasteiger partial charge in [0.15, 0.2) is 0 Å². The number of anilines is 1. The minimum absolute atomic E-state index is 0.0924. The van der Waals surface area contributed by atoms with Crippen molar-refractivity contribution in [1.82, 2.24) is 0 Å². The molecule has 0 amide bonds. The topological polar surface area (TPSA) is 95.5 Å². The SMILES string of the molecule is Cc1cccc(Oc2ccc(NS(=O)(=O)c3ccc(CCC(=O)[O-])cc3)cc2)c1. The number of carboxylic acid groups (broad SMARTS) is 1. The van der Waals surface area contributed by atoms with E-state index in [0.29, 0.717) is 23.6 Å². The molecule has 0 aliphatic heterocycles. The van der Waals surface area contributed by atoms with Gasteiger partial charge in [0.25, 0.3) is 10.0 Å². The number of ether oxygens (including phenoxy) is 1. The molecule has 0 bridgehead atoms. The van der Waals surface area contributed by atoms with Crippen molar-refractivity contribution < 1.29 is 23.1 Å². The number of rotatable bonds is 8. The predicted molar refractivity (Wildman–Crippen MR) is 108 cm³/mol. The Hall–Kier alpha value is -3.32. The van der Waals surface area contributed by atoms with Crippen LogP contribution in [0.25, 0.3) is 0 Å². The Labute approximate surface area is 169 Å². The van der Waals surface area contributed by atoms with Crippen LogP contribution in [0.2, 0.25) is 0 Å². The molecule has 0 unspecified atom stereocenters. The second-order valence-electron chi connectivity index (χ2n) is 6.56. The molecule has 0 radical (unpaired) electrons. The van der Waals surface area contributed by atoms with Crippen LogP contribution in [0.3, 0.4) is 0 Å². The zero-order chi connectivity index (χ0) is 20.9. The maximum Gasteiger partial charge on any atom is 0.261 e. The molecule has 3 rings (SSSR count). The van der Waals surface area contributed by atoms with Crippen LogP contribution in [-0.4, -0.2) is 14.4 Å². The Morgan fingerprint density at radius 3 is 2.28 bits per heavy atom. The second-order valence-corrected chi connectivity index (χ2v) is 8.25. The minimum atomic E-state index is -3.76. The van der Waals surface area contributed by atoms with E-state index in [4.69, 9.17) is 4.74 Å². The molecule has 3 aromatic rings. The van der Waals surface area contributed by atoms with Gasteiger partial charge in [0.05, 0.1) is 4.90 Å². The lowest BCUT2D eigenvalue weighted by Gasteiger charge is -2.11. The van der Waals surface area contributed by atoms with Gasteiger partial charge in [0.2, 0.25) is 0 Å². The van der Waals surface area contributed by atoms with Gasteiger partial charge in [-0.05, 0) is 79.4 Å². The first-order valence-corrected chi connectivity index (χ1v) is 10.5. The summed E-state index contributed by atoms with van der Waals surface area (Å²) in [5, 5.41) is 10.5. The van der Waals surface area contributed by atoms with Crippen molar-refractivity contribution in [2.24, 2.45) is 0 Å². The fourth-order valence-electron chi connectivity index (χ4n) is 2.70. The van der Waals surface area contributed by atoms with Crippen LogP contribution in [0, 0.1) is 6.92 Å². The van der Waals surface area contributed by atoms with E-state index in [0.717, 1.165) is 11.1 Å². The first-order valence-electron chi connectivity index (χ1n) is 8.98. The molecule has 1 N–H and O–H groups in total. The van der Waals surface area contributed by atoms with Gasteiger partial charge in [-0.1, -0.05) is 24.3 Å². The fourth-order valence-corrected chi connectivity index (χ4v) is 3.76. The number of hydrogen-bond acceptors (Lipinski definition) is 5. The smallest absolute Gasteiger partial charge is 0.261 e. The van der Waals surface area contributed by atoms with Gasteiger partial charge >= 0.3 is 0 Å². The summed E-state index contributed by atoms with van der Waals surface area (Å²) in [5.74, 6) is 0.158. The minimum Gasteiger partial charge on any atom is -0.550 e. The van der Waals surface area contributed by atoms with Crippen molar-refractivity contribution in [3.8, 4) is 11.5 Å². The van der Waals surface area contributed by atoms with E-state index in [9.17, 15) is 18.3 Å². The number of benzene rings is 3. The predicted octanol–water partition coefficient (Wildman–Crippen LogP) is 3.27. The monoisotopic (exact) mass is 410 g/mol. The van der Waals surface area contributed by atoms with Gasteiger partial charge in [0.1, 0.15) is 11.5 Å². The largest absolute Gasteiger partial charge is 0.550 e. The van der Waals surface area contributed by atoms with Crippen LogP contribution in [0.5, 0.6) is 11.5 Å². The van der Waals surface area contributed by atoms with Gasteiger partial charge in [-0.15, -0.1) is 0 Å². The molecule has 0 saturated carbocycles. The highest BCUT2D eigenvalue weighted by molar-refractivity contribution is 7.92. The van der Waals surface area contributed by atoms with E-state index in [1.807, 2.05) is 31.2 Å². The highest BCUT2D eigenvalue weighted by atomic mass is 32.2. The Bertz CT molecular complexity index is 1090. The summed E-state index contributed by atoms with van der Waals surface area (Å²) in [6.07, 6.45) is 0.180. The quantitative estimate of drug-likeness (QED) is 0.615. The Morgan fingerprint density at radius 2 is 1.66 bits per heavy atom. The third-order valence-electron chi connectivity index (χ3n) is 4.18. The lowest BCUT2D eigenvalue weighted by Crippen LogP contribution is -2.22. The van der Waals surface area contributed by atoms with E-state index in [1.54, 1.807) is 36.4 Å². The zero-order valence-electron chi connectivity index (χ0n) is 15.8. The standard InChI is InChI=1S/C22H21NO5S/c1-16-3-2-4-20(15-16)28-19-10-8-18(9-11-19)23-29(26,27)21-12-5-17(6-13-21)7-14-22(24)25/h2-6,8-13,15,23H,7,14H2,1H3,(H,24,25)/p-1. The molecule has 0 heterocycles. The summed E-state index contributed by atoms with van der Waals surface area (Å²) in [6, 6.07) is 20.3. The van der Waals surface area contributed by atoms with Crippen molar-refractivity contribution in [3.05, 3.63) is 83.9 Å². The van der Waals surface area contributed by atoms with Crippen LogP contribution < -0.4 is 14.6 Å².